The lowest BCUT2D eigenvalue weighted by Gasteiger charge is -2.34. The first kappa shape index (κ1) is 16.2. The third-order valence-electron chi connectivity index (χ3n) is 4.10. The Hall–Kier alpha value is -1.64. The number of carbonyl (C=O) groups is 2. The number of nitrogens with one attached hydrogen (secondary N) is 1. The number of carbonyl (C=O) groups excluding carboxylic acids is 2. The standard InChI is InChI=1S/C14H16ClN3O4S/c15-10-2-1-3-12(8-10)23(21,22)17-6-4-11(5-7-17)18-13(19)9-16-14(18)20/h1-3,8,11H,4-7,9H2,(H,16,20). The Kier molecular flexibility index (Phi) is 4.31. The van der Waals surface area contributed by atoms with Crippen LogP contribution in [0, 0.1) is 0 Å². The molecule has 7 nitrogen and oxygen atoms in total. The van der Waals surface area contributed by atoms with Gasteiger partial charge in [0.05, 0.1) is 11.4 Å². The van der Waals surface area contributed by atoms with Crippen LogP contribution in [0.1, 0.15) is 12.8 Å². The molecular weight excluding hydrogens is 342 g/mol. The number of urea groups is 1. The third-order valence-corrected chi connectivity index (χ3v) is 6.23. The van der Waals surface area contributed by atoms with Crippen molar-refractivity contribution in [3.05, 3.63) is 29.3 Å². The van der Waals surface area contributed by atoms with Gasteiger partial charge < -0.3 is 5.32 Å². The average Bonchev–Trinajstić information content (AvgIpc) is 2.86. The Balaban J connectivity index is 1.71. The lowest BCUT2D eigenvalue weighted by Crippen LogP contribution is -2.48. The van der Waals surface area contributed by atoms with Gasteiger partial charge >= 0.3 is 6.03 Å². The van der Waals surface area contributed by atoms with Gasteiger partial charge in [-0.25, -0.2) is 13.2 Å². The smallest absolute Gasteiger partial charge is 0.324 e. The van der Waals surface area contributed by atoms with E-state index in [1.165, 1.54) is 21.3 Å². The lowest BCUT2D eigenvalue weighted by molar-refractivity contribution is -0.127. The molecule has 1 aromatic rings. The van der Waals surface area contributed by atoms with Crippen molar-refractivity contribution in [3.63, 3.8) is 0 Å². The molecule has 2 heterocycles. The summed E-state index contributed by atoms with van der Waals surface area (Å²) in [5.41, 5.74) is 0. The highest BCUT2D eigenvalue weighted by Crippen LogP contribution is 2.25. The minimum absolute atomic E-state index is 0.0138. The molecule has 3 amide bonds. The Bertz CT molecular complexity index is 728. The van der Waals surface area contributed by atoms with Crippen molar-refractivity contribution in [1.29, 1.82) is 0 Å². The number of sulfonamides is 1. The zero-order valence-corrected chi connectivity index (χ0v) is 13.8. The van der Waals surface area contributed by atoms with E-state index in [1.54, 1.807) is 12.1 Å². The summed E-state index contributed by atoms with van der Waals surface area (Å²) in [6.07, 6.45) is 0.859. The molecule has 0 unspecified atom stereocenters. The van der Waals surface area contributed by atoms with E-state index in [4.69, 9.17) is 11.6 Å². The molecule has 0 aliphatic carbocycles. The molecule has 0 atom stereocenters. The van der Waals surface area contributed by atoms with Crippen molar-refractivity contribution in [2.45, 2.75) is 23.8 Å². The van der Waals surface area contributed by atoms with Gasteiger partial charge in [0.25, 0.3) is 0 Å². The van der Waals surface area contributed by atoms with E-state index in [0.29, 0.717) is 17.9 Å². The number of hydrogen-bond acceptors (Lipinski definition) is 4. The van der Waals surface area contributed by atoms with E-state index in [1.807, 2.05) is 0 Å². The van der Waals surface area contributed by atoms with Crippen LogP contribution < -0.4 is 5.32 Å². The Morgan fingerprint density at radius 2 is 1.87 bits per heavy atom. The molecule has 0 saturated carbocycles. The number of imide groups is 1. The fraction of sp³-hybridized carbons (Fsp3) is 0.429. The molecule has 0 spiro atoms. The van der Waals surface area contributed by atoms with Crippen LogP contribution in [0.4, 0.5) is 4.79 Å². The molecule has 0 aromatic heterocycles. The van der Waals surface area contributed by atoms with Gasteiger partial charge in [0.15, 0.2) is 0 Å². The predicted octanol–water partition coefficient (Wildman–Crippen LogP) is 1.04. The van der Waals surface area contributed by atoms with E-state index in [0.717, 1.165) is 0 Å². The second-order valence-electron chi connectivity index (χ2n) is 5.52. The molecule has 2 aliphatic rings. The first-order chi connectivity index (χ1) is 10.9. The van der Waals surface area contributed by atoms with E-state index < -0.39 is 16.1 Å². The first-order valence-electron chi connectivity index (χ1n) is 7.25. The highest BCUT2D eigenvalue weighted by Gasteiger charge is 2.38. The number of halogens is 1. The SMILES string of the molecule is O=C1CNC(=O)N1C1CCN(S(=O)(=O)c2cccc(Cl)c2)CC1. The summed E-state index contributed by atoms with van der Waals surface area (Å²) in [6, 6.07) is 5.48. The van der Waals surface area contributed by atoms with Crippen molar-refractivity contribution in [1.82, 2.24) is 14.5 Å². The fourth-order valence-corrected chi connectivity index (χ4v) is 4.69. The second-order valence-corrected chi connectivity index (χ2v) is 7.89. The van der Waals surface area contributed by atoms with Gasteiger partial charge in [-0.05, 0) is 31.0 Å². The lowest BCUT2D eigenvalue weighted by atomic mass is 10.1. The van der Waals surface area contributed by atoms with Crippen LogP contribution in [0.2, 0.25) is 5.02 Å². The Labute approximate surface area is 139 Å². The molecule has 3 rings (SSSR count). The summed E-state index contributed by atoms with van der Waals surface area (Å²) >= 11 is 5.86. The van der Waals surface area contributed by atoms with E-state index in [9.17, 15) is 18.0 Å². The number of benzene rings is 1. The molecule has 23 heavy (non-hydrogen) atoms. The normalized spacial score (nSPS) is 20.8. The average molecular weight is 358 g/mol. The molecule has 2 saturated heterocycles. The van der Waals surface area contributed by atoms with Crippen LogP contribution >= 0.6 is 11.6 Å². The van der Waals surface area contributed by atoms with Gasteiger partial charge in [-0.3, -0.25) is 9.69 Å². The Morgan fingerprint density at radius 1 is 1.17 bits per heavy atom. The maximum atomic E-state index is 12.6. The van der Waals surface area contributed by atoms with Crippen LogP contribution in [-0.2, 0) is 14.8 Å². The number of rotatable bonds is 3. The maximum absolute atomic E-state index is 12.6. The number of piperidine rings is 1. The topological polar surface area (TPSA) is 86.8 Å². The van der Waals surface area contributed by atoms with Gasteiger partial charge in [-0.1, -0.05) is 17.7 Å². The quantitative estimate of drug-likeness (QED) is 0.819. The highest BCUT2D eigenvalue weighted by molar-refractivity contribution is 7.89. The molecule has 1 N–H and O–H groups in total. The van der Waals surface area contributed by atoms with Gasteiger partial charge in [-0.15, -0.1) is 0 Å². The van der Waals surface area contributed by atoms with Crippen LogP contribution in [0.15, 0.2) is 29.2 Å². The predicted molar refractivity (Wildman–Crippen MR) is 83.5 cm³/mol. The van der Waals surface area contributed by atoms with Gasteiger partial charge in [0.1, 0.15) is 0 Å². The summed E-state index contributed by atoms with van der Waals surface area (Å²) in [5, 5.41) is 2.84. The van der Waals surface area contributed by atoms with Crippen LogP contribution in [0.3, 0.4) is 0 Å². The maximum Gasteiger partial charge on any atom is 0.324 e. The second kappa shape index (κ2) is 6.10. The summed E-state index contributed by atoms with van der Waals surface area (Å²) in [6.45, 7) is 0.535. The largest absolute Gasteiger partial charge is 0.329 e. The molecule has 0 bridgehead atoms. The van der Waals surface area contributed by atoms with Crippen molar-refractivity contribution >= 4 is 33.6 Å². The van der Waals surface area contributed by atoms with Gasteiger partial charge in [0, 0.05) is 24.2 Å². The first-order valence-corrected chi connectivity index (χ1v) is 9.07. The summed E-state index contributed by atoms with van der Waals surface area (Å²) < 4.78 is 26.6. The van der Waals surface area contributed by atoms with Crippen LogP contribution in [0.25, 0.3) is 0 Å². The van der Waals surface area contributed by atoms with Crippen molar-refractivity contribution in [2.75, 3.05) is 19.6 Å². The molecule has 2 aliphatic heterocycles. The monoisotopic (exact) mass is 357 g/mol. The molecule has 2 fully saturated rings. The fourth-order valence-electron chi connectivity index (χ4n) is 2.92. The number of nitrogens with zero attached hydrogens (tertiary/aromatic N) is 2. The highest BCUT2D eigenvalue weighted by atomic mass is 35.5. The molecule has 9 heteroatoms. The van der Waals surface area contributed by atoms with Crippen molar-refractivity contribution in [3.8, 4) is 0 Å². The third kappa shape index (κ3) is 3.06. The zero-order valence-electron chi connectivity index (χ0n) is 12.2. The summed E-state index contributed by atoms with van der Waals surface area (Å²) in [5.74, 6) is -0.258. The van der Waals surface area contributed by atoms with Gasteiger partial charge in [0.2, 0.25) is 15.9 Å². The van der Waals surface area contributed by atoms with E-state index in [-0.39, 0.29) is 36.5 Å². The van der Waals surface area contributed by atoms with Gasteiger partial charge in [-0.2, -0.15) is 4.31 Å². The minimum atomic E-state index is -3.61. The van der Waals surface area contributed by atoms with Crippen molar-refractivity contribution in [2.24, 2.45) is 0 Å². The Morgan fingerprint density at radius 3 is 2.43 bits per heavy atom. The van der Waals surface area contributed by atoms with Crippen molar-refractivity contribution < 1.29 is 18.0 Å². The molecule has 0 radical (unpaired) electrons. The van der Waals surface area contributed by atoms with Crippen LogP contribution in [0.5, 0.6) is 0 Å². The van der Waals surface area contributed by atoms with E-state index >= 15 is 0 Å². The zero-order chi connectivity index (χ0) is 16.6. The van der Waals surface area contributed by atoms with E-state index in [2.05, 4.69) is 5.32 Å². The minimum Gasteiger partial charge on any atom is -0.329 e. The number of hydrogen-bond donors (Lipinski definition) is 1. The summed E-state index contributed by atoms with van der Waals surface area (Å²) in [4.78, 5) is 24.7. The molecular formula is C14H16ClN3O4S. The number of amides is 3. The van der Waals surface area contributed by atoms with Crippen LogP contribution in [-0.4, -0.2) is 55.2 Å². The summed E-state index contributed by atoms with van der Waals surface area (Å²) in [7, 11) is -3.61. The molecule has 1 aromatic carbocycles. The molecule has 124 valence electrons.